The number of halogens is 3. The summed E-state index contributed by atoms with van der Waals surface area (Å²) in [5, 5.41) is 3.38. The van der Waals surface area contributed by atoms with Crippen LogP contribution in [-0.4, -0.2) is 27.3 Å². The van der Waals surface area contributed by atoms with Crippen LogP contribution in [0.1, 0.15) is 17.0 Å². The molecule has 7 nitrogen and oxygen atoms in total. The van der Waals surface area contributed by atoms with Gasteiger partial charge in [0.25, 0.3) is 0 Å². The molecule has 0 saturated carbocycles. The molecular formula is C20H20F3N7. The van der Waals surface area contributed by atoms with Crippen molar-refractivity contribution in [3.05, 3.63) is 71.9 Å². The molecule has 1 aromatic carbocycles. The maximum Gasteiger partial charge on any atom is 0.434 e. The van der Waals surface area contributed by atoms with Crippen molar-refractivity contribution < 1.29 is 13.2 Å². The first-order valence-corrected chi connectivity index (χ1v) is 9.21. The molecule has 10 heteroatoms. The number of fused-ring (bicyclic) bond motifs is 1. The number of benzene rings is 1. The number of nitrogens with one attached hydrogen (secondary N) is 2. The van der Waals surface area contributed by atoms with E-state index in [-0.39, 0.29) is 5.56 Å². The number of hydrogen-bond donors (Lipinski definition) is 4. The normalized spacial score (nSPS) is 16.6. The van der Waals surface area contributed by atoms with Crippen molar-refractivity contribution in [2.75, 3.05) is 11.9 Å². The van der Waals surface area contributed by atoms with Crippen LogP contribution < -0.4 is 22.3 Å². The summed E-state index contributed by atoms with van der Waals surface area (Å²) in [6.07, 6.45) is 0.193. The zero-order valence-corrected chi connectivity index (χ0v) is 15.8. The van der Waals surface area contributed by atoms with Gasteiger partial charge in [-0.25, -0.2) is 4.98 Å². The molecule has 0 amide bonds. The second-order valence-electron chi connectivity index (χ2n) is 6.98. The number of alkyl halides is 3. The summed E-state index contributed by atoms with van der Waals surface area (Å²) in [6, 6.07) is 11.0. The number of allylic oxidation sites excluding steroid dienone is 1. The standard InChI is InChI=1S/C20H20F3N7/c21-20(22,23)19(29-25)18(24)12-5-6-26-16(7-12)17-10-30(11-28-17)9-13-8-27-15-4-2-1-3-14(13)15/h1-7,10-11,13,27,29H,8-9,24-25H2/b19-18-. The maximum atomic E-state index is 13.1. The molecular weight excluding hydrogens is 395 g/mol. The van der Waals surface area contributed by atoms with E-state index >= 15 is 0 Å². The van der Waals surface area contributed by atoms with E-state index < -0.39 is 17.6 Å². The summed E-state index contributed by atoms with van der Waals surface area (Å²) in [5.74, 6) is 5.31. The largest absolute Gasteiger partial charge is 0.434 e. The lowest BCUT2D eigenvalue weighted by Gasteiger charge is -2.14. The van der Waals surface area contributed by atoms with Gasteiger partial charge in [-0.3, -0.25) is 10.8 Å². The Bertz CT molecular complexity index is 1090. The smallest absolute Gasteiger partial charge is 0.397 e. The minimum Gasteiger partial charge on any atom is -0.397 e. The van der Waals surface area contributed by atoms with Crippen molar-refractivity contribution in [3.8, 4) is 11.4 Å². The van der Waals surface area contributed by atoms with Gasteiger partial charge in [-0.1, -0.05) is 18.2 Å². The summed E-state index contributed by atoms with van der Waals surface area (Å²) in [7, 11) is 0. The van der Waals surface area contributed by atoms with Crippen LogP contribution in [0.3, 0.4) is 0 Å². The SMILES string of the molecule is NN/C(=C(\N)c1ccnc(-c2cn(CC3CNc4ccccc43)cn2)c1)C(F)(F)F. The summed E-state index contributed by atoms with van der Waals surface area (Å²) >= 11 is 0. The number of hydrazine groups is 1. The monoisotopic (exact) mass is 415 g/mol. The molecule has 0 aliphatic carbocycles. The highest BCUT2D eigenvalue weighted by atomic mass is 19.4. The van der Waals surface area contributed by atoms with Gasteiger partial charge in [-0.2, -0.15) is 13.2 Å². The van der Waals surface area contributed by atoms with Crippen LogP contribution >= 0.6 is 0 Å². The first kappa shape index (κ1) is 19.8. The molecule has 2 aromatic heterocycles. The molecule has 30 heavy (non-hydrogen) atoms. The number of anilines is 1. The van der Waals surface area contributed by atoms with Crippen LogP contribution in [0, 0.1) is 0 Å². The minimum atomic E-state index is -4.70. The van der Waals surface area contributed by atoms with E-state index in [1.54, 1.807) is 11.8 Å². The molecule has 0 radical (unpaired) electrons. The van der Waals surface area contributed by atoms with Gasteiger partial charge in [-0.15, -0.1) is 0 Å². The molecule has 0 spiro atoms. The molecule has 156 valence electrons. The second-order valence-corrected chi connectivity index (χ2v) is 6.98. The molecule has 6 N–H and O–H groups in total. The summed E-state index contributed by atoms with van der Waals surface area (Å²) in [4.78, 5) is 8.58. The van der Waals surface area contributed by atoms with Gasteiger partial charge in [0.1, 0.15) is 5.69 Å². The average Bonchev–Trinajstić information content (AvgIpc) is 3.35. The number of rotatable bonds is 5. The van der Waals surface area contributed by atoms with Crippen molar-refractivity contribution in [1.29, 1.82) is 0 Å². The Kier molecular flexibility index (Phi) is 5.08. The third kappa shape index (κ3) is 3.81. The first-order valence-electron chi connectivity index (χ1n) is 9.21. The number of para-hydroxylation sites is 1. The summed E-state index contributed by atoms with van der Waals surface area (Å²) in [6.45, 7) is 1.54. The van der Waals surface area contributed by atoms with E-state index in [1.165, 1.54) is 23.9 Å². The number of nitrogens with zero attached hydrogens (tertiary/aromatic N) is 3. The molecule has 1 aliphatic heterocycles. The molecule has 0 saturated heterocycles. The van der Waals surface area contributed by atoms with Crippen LogP contribution in [-0.2, 0) is 6.54 Å². The van der Waals surface area contributed by atoms with Crippen molar-refractivity contribution in [3.63, 3.8) is 0 Å². The van der Waals surface area contributed by atoms with Crippen molar-refractivity contribution >= 4 is 11.4 Å². The van der Waals surface area contributed by atoms with Crippen molar-refractivity contribution in [2.45, 2.75) is 18.6 Å². The van der Waals surface area contributed by atoms with Gasteiger partial charge >= 0.3 is 6.18 Å². The highest BCUT2D eigenvalue weighted by Crippen LogP contribution is 2.32. The quantitative estimate of drug-likeness (QED) is 0.377. The van der Waals surface area contributed by atoms with Crippen LogP contribution in [0.2, 0.25) is 0 Å². The van der Waals surface area contributed by atoms with Gasteiger partial charge in [-0.05, 0) is 23.8 Å². The summed E-state index contributed by atoms with van der Waals surface area (Å²) in [5.41, 5.74) is 9.10. The van der Waals surface area contributed by atoms with Crippen molar-refractivity contribution in [1.82, 2.24) is 20.0 Å². The minimum absolute atomic E-state index is 0.147. The van der Waals surface area contributed by atoms with Crippen LogP contribution in [0.15, 0.2) is 60.8 Å². The van der Waals surface area contributed by atoms with Gasteiger partial charge in [0.15, 0.2) is 5.70 Å². The Morgan fingerprint density at radius 3 is 2.77 bits per heavy atom. The number of pyridine rings is 1. The topological polar surface area (TPSA) is 107 Å². The van der Waals surface area contributed by atoms with E-state index in [0.717, 1.165) is 12.2 Å². The van der Waals surface area contributed by atoms with Crippen molar-refractivity contribution in [2.24, 2.45) is 11.6 Å². The highest BCUT2D eigenvalue weighted by molar-refractivity contribution is 5.69. The Morgan fingerprint density at radius 2 is 2.00 bits per heavy atom. The molecule has 1 aliphatic rings. The van der Waals surface area contributed by atoms with Gasteiger partial charge < -0.3 is 21.0 Å². The first-order chi connectivity index (χ1) is 14.4. The fraction of sp³-hybridized carbons (Fsp3) is 0.200. The zero-order valence-electron chi connectivity index (χ0n) is 15.8. The van der Waals surface area contributed by atoms with E-state index in [1.807, 2.05) is 29.0 Å². The van der Waals surface area contributed by atoms with Crippen LogP contribution in [0.4, 0.5) is 18.9 Å². The number of imidazole rings is 1. The Balaban J connectivity index is 1.58. The summed E-state index contributed by atoms with van der Waals surface area (Å²) < 4.78 is 41.1. The van der Waals surface area contributed by atoms with E-state index in [2.05, 4.69) is 21.4 Å². The predicted molar refractivity (Wildman–Crippen MR) is 108 cm³/mol. The van der Waals surface area contributed by atoms with Crippen LogP contribution in [0.5, 0.6) is 0 Å². The third-order valence-corrected chi connectivity index (χ3v) is 5.03. The molecule has 1 atom stereocenters. The van der Waals surface area contributed by atoms with Gasteiger partial charge in [0, 0.05) is 42.7 Å². The van der Waals surface area contributed by atoms with Gasteiger partial charge in [0.2, 0.25) is 0 Å². The number of hydrogen-bond acceptors (Lipinski definition) is 6. The fourth-order valence-electron chi connectivity index (χ4n) is 3.56. The molecule has 4 rings (SSSR count). The van der Waals surface area contributed by atoms with Gasteiger partial charge in [0.05, 0.1) is 17.7 Å². The molecule has 0 fully saturated rings. The second kappa shape index (κ2) is 7.71. The Hall–Kier alpha value is -3.53. The number of aromatic nitrogens is 3. The third-order valence-electron chi connectivity index (χ3n) is 5.03. The molecule has 3 heterocycles. The van der Waals surface area contributed by atoms with E-state index in [9.17, 15) is 13.2 Å². The number of nitrogens with two attached hydrogens (primary N) is 2. The Labute approximate surface area is 170 Å². The molecule has 0 bridgehead atoms. The Morgan fingerprint density at radius 1 is 1.20 bits per heavy atom. The highest BCUT2D eigenvalue weighted by Gasteiger charge is 2.36. The van der Waals surface area contributed by atoms with E-state index in [4.69, 9.17) is 11.6 Å². The lowest BCUT2D eigenvalue weighted by atomic mass is 10.0. The lowest BCUT2D eigenvalue weighted by Crippen LogP contribution is -2.34. The fourth-order valence-corrected chi connectivity index (χ4v) is 3.56. The zero-order chi connectivity index (χ0) is 21.3. The predicted octanol–water partition coefficient (Wildman–Crippen LogP) is 2.81. The lowest BCUT2D eigenvalue weighted by molar-refractivity contribution is -0.0961. The van der Waals surface area contributed by atoms with Crippen LogP contribution in [0.25, 0.3) is 17.1 Å². The van der Waals surface area contributed by atoms with E-state index in [0.29, 0.717) is 23.9 Å². The molecule has 1 unspecified atom stereocenters. The maximum absolute atomic E-state index is 13.1. The average molecular weight is 415 g/mol. The molecule has 3 aromatic rings.